The summed E-state index contributed by atoms with van der Waals surface area (Å²) in [5, 5.41) is 0. The number of rotatable bonds is 27. The fraction of sp³-hybridized carbons (Fsp3) is 0.973. The van der Waals surface area contributed by atoms with Gasteiger partial charge < -0.3 is 4.74 Å². The van der Waals surface area contributed by atoms with Gasteiger partial charge in [-0.15, -0.1) is 0 Å². The molecule has 1 atom stereocenters. The van der Waals surface area contributed by atoms with Crippen LogP contribution in [0.3, 0.4) is 0 Å². The molecule has 0 radical (unpaired) electrons. The fourth-order valence-corrected chi connectivity index (χ4v) is 6.73. The number of hydrogen-bond donors (Lipinski definition) is 0. The number of hydrogen-bond acceptors (Lipinski definition) is 2. The predicted molar refractivity (Wildman–Crippen MR) is 172 cm³/mol. The number of ether oxygens (including phenoxy) is 1. The summed E-state index contributed by atoms with van der Waals surface area (Å²) in [6, 6.07) is 0. The minimum atomic E-state index is 0.118. The largest absolute Gasteiger partial charge is 0.465 e. The van der Waals surface area contributed by atoms with E-state index in [0.29, 0.717) is 6.61 Å². The second-order valence-electron chi connectivity index (χ2n) is 13.8. The molecule has 0 aromatic rings. The summed E-state index contributed by atoms with van der Waals surface area (Å²) < 4.78 is 6.11. The molecule has 0 bridgehead atoms. The summed E-state index contributed by atoms with van der Waals surface area (Å²) in [6.07, 6.45) is 37.2. The molecule has 1 aliphatic carbocycles. The maximum atomic E-state index is 13.0. The molecule has 2 heteroatoms. The molecule has 1 rings (SSSR count). The van der Waals surface area contributed by atoms with Crippen molar-refractivity contribution < 1.29 is 9.53 Å². The molecule has 0 aliphatic heterocycles. The summed E-state index contributed by atoms with van der Waals surface area (Å²) >= 11 is 0. The zero-order chi connectivity index (χ0) is 28.4. The lowest BCUT2D eigenvalue weighted by atomic mass is 9.79. The van der Waals surface area contributed by atoms with Gasteiger partial charge in [0.15, 0.2) is 0 Å². The first-order valence-electron chi connectivity index (χ1n) is 18.2. The Morgan fingerprint density at radius 3 is 1.38 bits per heavy atom. The van der Waals surface area contributed by atoms with Crippen molar-refractivity contribution in [2.45, 2.75) is 207 Å². The van der Waals surface area contributed by atoms with Crippen LogP contribution in [0.2, 0.25) is 0 Å². The maximum Gasteiger partial charge on any atom is 0.308 e. The SMILES string of the molecule is CCCCCCCCCCCCC(C)(CCCCCCCCCC)COC(=O)C1CCC(CCCCC)CC1. The van der Waals surface area contributed by atoms with Crippen molar-refractivity contribution in [3.8, 4) is 0 Å². The Hall–Kier alpha value is -0.530. The molecule has 1 unspecified atom stereocenters. The van der Waals surface area contributed by atoms with Crippen LogP contribution in [0.5, 0.6) is 0 Å². The van der Waals surface area contributed by atoms with Gasteiger partial charge >= 0.3 is 5.97 Å². The van der Waals surface area contributed by atoms with Crippen molar-refractivity contribution in [1.29, 1.82) is 0 Å². The first-order chi connectivity index (χ1) is 19.0. The Morgan fingerprint density at radius 1 is 0.564 bits per heavy atom. The van der Waals surface area contributed by atoms with E-state index in [0.717, 1.165) is 18.8 Å². The molecular weight excluding hydrogens is 476 g/mol. The van der Waals surface area contributed by atoms with Gasteiger partial charge in [0.2, 0.25) is 0 Å². The fourth-order valence-electron chi connectivity index (χ4n) is 6.73. The van der Waals surface area contributed by atoms with E-state index < -0.39 is 0 Å². The van der Waals surface area contributed by atoms with Crippen molar-refractivity contribution in [1.82, 2.24) is 0 Å². The van der Waals surface area contributed by atoms with Gasteiger partial charge in [-0.2, -0.15) is 0 Å². The lowest BCUT2D eigenvalue weighted by Gasteiger charge is -2.32. The van der Waals surface area contributed by atoms with Gasteiger partial charge in [0.05, 0.1) is 12.5 Å². The molecule has 0 aromatic carbocycles. The van der Waals surface area contributed by atoms with Crippen LogP contribution in [0.1, 0.15) is 207 Å². The lowest BCUT2D eigenvalue weighted by Crippen LogP contribution is -2.30. The van der Waals surface area contributed by atoms with Crippen LogP contribution in [0, 0.1) is 17.3 Å². The van der Waals surface area contributed by atoms with E-state index in [1.807, 2.05) is 0 Å². The topological polar surface area (TPSA) is 26.3 Å². The monoisotopic (exact) mass is 549 g/mol. The number of carbonyl (C=O) groups excluding carboxylic acids is 1. The van der Waals surface area contributed by atoms with Gasteiger partial charge in [-0.25, -0.2) is 0 Å². The molecule has 2 nitrogen and oxygen atoms in total. The van der Waals surface area contributed by atoms with Gasteiger partial charge in [0.25, 0.3) is 0 Å². The molecule has 232 valence electrons. The van der Waals surface area contributed by atoms with Gasteiger partial charge in [-0.05, 0) is 44.4 Å². The van der Waals surface area contributed by atoms with Crippen LogP contribution in [0.25, 0.3) is 0 Å². The molecule has 0 spiro atoms. The smallest absolute Gasteiger partial charge is 0.308 e. The summed E-state index contributed by atoms with van der Waals surface area (Å²) in [6.45, 7) is 9.94. The molecule has 1 aliphatic rings. The van der Waals surface area contributed by atoms with Gasteiger partial charge in [-0.1, -0.05) is 169 Å². The van der Waals surface area contributed by atoms with Gasteiger partial charge in [-0.3, -0.25) is 4.79 Å². The molecule has 0 N–H and O–H groups in total. The standard InChI is InChI=1S/C37H72O2/c1-5-8-11-13-15-17-18-20-22-25-32-37(4,31-24-21-19-16-14-12-9-6-2)33-39-36(38)35-29-27-34(28-30-35)26-23-10-7-3/h34-35H,5-33H2,1-4H3. The summed E-state index contributed by atoms with van der Waals surface area (Å²) in [5.41, 5.74) is 0.162. The third-order valence-electron chi connectivity index (χ3n) is 9.73. The summed E-state index contributed by atoms with van der Waals surface area (Å²) in [7, 11) is 0. The van der Waals surface area contributed by atoms with E-state index in [1.54, 1.807) is 0 Å². The van der Waals surface area contributed by atoms with E-state index in [1.165, 1.54) is 167 Å². The molecule has 39 heavy (non-hydrogen) atoms. The van der Waals surface area contributed by atoms with Crippen molar-refractivity contribution in [2.75, 3.05) is 6.61 Å². The van der Waals surface area contributed by atoms with Crippen LogP contribution in [-0.2, 0) is 9.53 Å². The summed E-state index contributed by atoms with van der Waals surface area (Å²) in [5.74, 6) is 1.13. The van der Waals surface area contributed by atoms with Gasteiger partial charge in [0, 0.05) is 5.41 Å². The minimum absolute atomic E-state index is 0.118. The lowest BCUT2D eigenvalue weighted by molar-refractivity contribution is -0.153. The maximum absolute atomic E-state index is 13.0. The predicted octanol–water partition coefficient (Wildman–Crippen LogP) is 12.8. The molecule has 0 saturated heterocycles. The van der Waals surface area contributed by atoms with Crippen LogP contribution < -0.4 is 0 Å². The van der Waals surface area contributed by atoms with E-state index >= 15 is 0 Å². The summed E-state index contributed by atoms with van der Waals surface area (Å²) in [4.78, 5) is 13.0. The highest BCUT2D eigenvalue weighted by Gasteiger charge is 2.30. The van der Waals surface area contributed by atoms with Crippen LogP contribution in [0.15, 0.2) is 0 Å². The van der Waals surface area contributed by atoms with Crippen molar-refractivity contribution in [3.05, 3.63) is 0 Å². The van der Waals surface area contributed by atoms with Gasteiger partial charge in [0.1, 0.15) is 0 Å². The van der Waals surface area contributed by atoms with Crippen molar-refractivity contribution in [2.24, 2.45) is 17.3 Å². The van der Waals surface area contributed by atoms with Crippen LogP contribution in [-0.4, -0.2) is 12.6 Å². The Balaban J connectivity index is 2.36. The Kier molecular flexibility index (Phi) is 23.6. The highest BCUT2D eigenvalue weighted by atomic mass is 16.5. The average molecular weight is 549 g/mol. The Labute approximate surface area is 246 Å². The third kappa shape index (κ3) is 20.1. The molecule has 0 aromatic heterocycles. The molecule has 0 heterocycles. The van der Waals surface area contributed by atoms with E-state index in [-0.39, 0.29) is 17.3 Å². The number of esters is 1. The highest BCUT2D eigenvalue weighted by Crippen LogP contribution is 2.35. The first-order valence-corrected chi connectivity index (χ1v) is 18.2. The quantitative estimate of drug-likeness (QED) is 0.0753. The second kappa shape index (κ2) is 25.2. The molecular formula is C37H72O2. The molecule has 1 fully saturated rings. The molecule has 0 amide bonds. The number of carbonyl (C=O) groups is 1. The highest BCUT2D eigenvalue weighted by molar-refractivity contribution is 5.72. The van der Waals surface area contributed by atoms with Crippen LogP contribution >= 0.6 is 0 Å². The zero-order valence-corrected chi connectivity index (χ0v) is 27.5. The minimum Gasteiger partial charge on any atom is -0.465 e. The van der Waals surface area contributed by atoms with E-state index in [2.05, 4.69) is 27.7 Å². The number of unbranched alkanes of at least 4 members (excludes halogenated alkanes) is 18. The zero-order valence-electron chi connectivity index (χ0n) is 27.5. The van der Waals surface area contributed by atoms with Crippen molar-refractivity contribution >= 4 is 5.97 Å². The second-order valence-corrected chi connectivity index (χ2v) is 13.8. The van der Waals surface area contributed by atoms with Crippen molar-refractivity contribution in [3.63, 3.8) is 0 Å². The average Bonchev–Trinajstić information content (AvgIpc) is 2.95. The Morgan fingerprint density at radius 2 is 0.949 bits per heavy atom. The van der Waals surface area contributed by atoms with Crippen LogP contribution in [0.4, 0.5) is 0 Å². The first kappa shape index (κ1) is 36.5. The molecule has 1 saturated carbocycles. The Bertz CT molecular complexity index is 536. The normalized spacial score (nSPS) is 19.2. The van der Waals surface area contributed by atoms with E-state index in [4.69, 9.17) is 4.74 Å². The van der Waals surface area contributed by atoms with E-state index in [9.17, 15) is 4.79 Å². The third-order valence-corrected chi connectivity index (χ3v) is 9.73.